The van der Waals surface area contributed by atoms with Gasteiger partial charge in [-0.05, 0) is 53.9 Å². The summed E-state index contributed by atoms with van der Waals surface area (Å²) in [5.41, 5.74) is 1.42. The molecule has 8 nitrogen and oxygen atoms in total. The molecule has 0 spiro atoms. The first-order valence-electron chi connectivity index (χ1n) is 12.9. The fourth-order valence-electron chi connectivity index (χ4n) is 4.08. The normalized spacial score (nSPS) is 12.2. The lowest BCUT2D eigenvalue weighted by Crippen LogP contribution is -2.54. The van der Waals surface area contributed by atoms with E-state index in [1.54, 1.807) is 12.1 Å². The number of halogens is 3. The van der Waals surface area contributed by atoms with E-state index < -0.39 is 40.4 Å². The molecular weight excluding hydrogens is 590 g/mol. The van der Waals surface area contributed by atoms with Crippen LogP contribution in [0.3, 0.4) is 0 Å². The average Bonchev–Trinajstić information content (AvgIpc) is 2.94. The molecule has 2 amide bonds. The van der Waals surface area contributed by atoms with Crippen molar-refractivity contribution < 1.29 is 22.4 Å². The van der Waals surface area contributed by atoms with Gasteiger partial charge in [-0.2, -0.15) is 12.7 Å². The number of carbonyl (C=O) groups excluding carboxylic acids is 2. The Labute approximate surface area is 250 Å². The number of rotatable bonds is 13. The van der Waals surface area contributed by atoms with E-state index >= 15 is 0 Å². The van der Waals surface area contributed by atoms with Crippen molar-refractivity contribution in [1.29, 1.82) is 0 Å². The Morgan fingerprint density at radius 3 is 2.22 bits per heavy atom. The molecule has 3 aromatic rings. The summed E-state index contributed by atoms with van der Waals surface area (Å²) in [4.78, 5) is 29.0. The van der Waals surface area contributed by atoms with Crippen LogP contribution in [0.1, 0.15) is 24.5 Å². The van der Waals surface area contributed by atoms with E-state index in [4.69, 9.17) is 23.2 Å². The molecule has 0 radical (unpaired) electrons. The Bertz CT molecular complexity index is 1440. The van der Waals surface area contributed by atoms with Gasteiger partial charge in [-0.15, -0.1) is 0 Å². The lowest BCUT2D eigenvalue weighted by molar-refractivity contribution is -0.140. The summed E-state index contributed by atoms with van der Waals surface area (Å²) >= 11 is 12.6. The van der Waals surface area contributed by atoms with Gasteiger partial charge in [-0.1, -0.05) is 66.5 Å². The van der Waals surface area contributed by atoms with Crippen molar-refractivity contribution in [3.05, 3.63) is 99.8 Å². The number of nitrogens with zero attached hydrogens (tertiary/aromatic N) is 3. The Balaban J connectivity index is 2.10. The first kappa shape index (κ1) is 32.3. The molecule has 3 aromatic carbocycles. The number of hydrogen-bond acceptors (Lipinski definition) is 4. The predicted octanol–water partition coefficient (Wildman–Crippen LogP) is 4.91. The van der Waals surface area contributed by atoms with Crippen LogP contribution in [0, 0.1) is 5.82 Å². The molecule has 0 saturated heterocycles. The van der Waals surface area contributed by atoms with Gasteiger partial charge in [0.05, 0.1) is 5.69 Å². The van der Waals surface area contributed by atoms with E-state index in [1.165, 1.54) is 37.2 Å². The van der Waals surface area contributed by atoms with Crippen molar-refractivity contribution in [2.75, 3.05) is 31.5 Å². The first-order valence-corrected chi connectivity index (χ1v) is 15.1. The third-order valence-electron chi connectivity index (χ3n) is 6.31. The number of carbonyl (C=O) groups is 2. The van der Waals surface area contributed by atoms with Gasteiger partial charge in [0.1, 0.15) is 18.4 Å². The number of amides is 2. The molecule has 0 aromatic heterocycles. The highest BCUT2D eigenvalue weighted by Crippen LogP contribution is 2.26. The quantitative estimate of drug-likeness (QED) is 0.293. The monoisotopic (exact) mass is 622 g/mol. The minimum atomic E-state index is -4.19. The third kappa shape index (κ3) is 8.65. The molecule has 0 saturated carbocycles. The van der Waals surface area contributed by atoms with E-state index in [1.807, 2.05) is 37.3 Å². The van der Waals surface area contributed by atoms with Crippen molar-refractivity contribution in [2.45, 2.75) is 32.4 Å². The second-order valence-electron chi connectivity index (χ2n) is 9.53. The molecular formula is C29H33Cl2FN4O4S. The van der Waals surface area contributed by atoms with Crippen molar-refractivity contribution >= 4 is 50.9 Å². The maximum absolute atomic E-state index is 14.1. The molecule has 12 heteroatoms. The van der Waals surface area contributed by atoms with Crippen LogP contribution in [0.4, 0.5) is 10.1 Å². The van der Waals surface area contributed by atoms with Gasteiger partial charge in [-0.3, -0.25) is 9.59 Å². The first-order chi connectivity index (χ1) is 19.4. The topological polar surface area (TPSA) is 90.0 Å². The smallest absolute Gasteiger partial charge is 0.304 e. The van der Waals surface area contributed by atoms with Gasteiger partial charge >= 0.3 is 10.2 Å². The van der Waals surface area contributed by atoms with Crippen LogP contribution in [-0.4, -0.2) is 62.7 Å². The van der Waals surface area contributed by atoms with Gasteiger partial charge < -0.3 is 10.2 Å². The molecule has 220 valence electrons. The Morgan fingerprint density at radius 2 is 1.63 bits per heavy atom. The van der Waals surface area contributed by atoms with Crippen molar-refractivity contribution in [2.24, 2.45) is 0 Å². The molecule has 1 N–H and O–H groups in total. The Hall–Kier alpha value is -3.18. The van der Waals surface area contributed by atoms with E-state index in [0.717, 1.165) is 26.3 Å². The number of hydrogen-bond donors (Lipinski definition) is 1. The zero-order chi connectivity index (χ0) is 30.2. The second-order valence-corrected chi connectivity index (χ2v) is 12.4. The standard InChI is InChI=1S/C29H33Cl2FN4O4S/c1-4-16-33-29(38)27(17-21-8-6-5-7-9-21)35(19-22-10-11-23(30)18-26(22)31)28(37)20-36(41(39,40)34(2)3)25-14-12-24(32)13-15-25/h5-15,18,27H,4,16-17,19-20H2,1-3H3,(H,33,38). The summed E-state index contributed by atoms with van der Waals surface area (Å²) in [7, 11) is -1.52. The molecule has 41 heavy (non-hydrogen) atoms. The number of anilines is 1. The van der Waals surface area contributed by atoms with Crippen LogP contribution in [0.15, 0.2) is 72.8 Å². The number of nitrogens with one attached hydrogen (secondary N) is 1. The predicted molar refractivity (Wildman–Crippen MR) is 161 cm³/mol. The second kappa shape index (κ2) is 14.6. The van der Waals surface area contributed by atoms with Crippen molar-refractivity contribution in [3.8, 4) is 0 Å². The molecule has 0 fully saturated rings. The minimum absolute atomic E-state index is 0.0907. The van der Waals surface area contributed by atoms with Crippen LogP contribution in [-0.2, 0) is 32.8 Å². The Morgan fingerprint density at radius 1 is 0.976 bits per heavy atom. The summed E-state index contributed by atoms with van der Waals surface area (Å²) in [6.45, 7) is 1.56. The highest BCUT2D eigenvalue weighted by Gasteiger charge is 2.35. The van der Waals surface area contributed by atoms with Gasteiger partial charge in [0, 0.05) is 43.7 Å². The van der Waals surface area contributed by atoms with E-state index in [2.05, 4.69) is 5.32 Å². The molecule has 0 bridgehead atoms. The van der Waals surface area contributed by atoms with Gasteiger partial charge in [0.15, 0.2) is 0 Å². The molecule has 1 atom stereocenters. The van der Waals surface area contributed by atoms with Gasteiger partial charge in [0.2, 0.25) is 11.8 Å². The molecule has 0 aliphatic heterocycles. The van der Waals surface area contributed by atoms with E-state index in [-0.39, 0.29) is 18.7 Å². The van der Waals surface area contributed by atoms with E-state index in [0.29, 0.717) is 28.6 Å². The minimum Gasteiger partial charge on any atom is -0.354 e. The zero-order valence-corrected chi connectivity index (χ0v) is 25.4. The van der Waals surface area contributed by atoms with Crippen LogP contribution in [0.25, 0.3) is 0 Å². The highest BCUT2D eigenvalue weighted by molar-refractivity contribution is 7.90. The molecule has 3 rings (SSSR count). The van der Waals surface area contributed by atoms with Crippen LogP contribution >= 0.6 is 23.2 Å². The molecule has 0 aliphatic rings. The maximum Gasteiger partial charge on any atom is 0.304 e. The molecule has 0 aliphatic carbocycles. The summed E-state index contributed by atoms with van der Waals surface area (Å²) < 4.78 is 42.2. The van der Waals surface area contributed by atoms with Crippen LogP contribution in [0.5, 0.6) is 0 Å². The molecule has 1 unspecified atom stereocenters. The zero-order valence-electron chi connectivity index (χ0n) is 23.1. The van der Waals surface area contributed by atoms with Gasteiger partial charge in [-0.25, -0.2) is 8.70 Å². The lowest BCUT2D eigenvalue weighted by atomic mass is 10.0. The van der Waals surface area contributed by atoms with Gasteiger partial charge in [0.25, 0.3) is 0 Å². The van der Waals surface area contributed by atoms with Crippen LogP contribution < -0.4 is 9.62 Å². The average molecular weight is 624 g/mol. The third-order valence-corrected chi connectivity index (χ3v) is 8.72. The maximum atomic E-state index is 14.1. The summed E-state index contributed by atoms with van der Waals surface area (Å²) in [6.07, 6.45) is 0.852. The molecule has 0 heterocycles. The Kier molecular flexibility index (Phi) is 11.5. The number of benzene rings is 3. The van der Waals surface area contributed by atoms with Crippen molar-refractivity contribution in [3.63, 3.8) is 0 Å². The van der Waals surface area contributed by atoms with Crippen LogP contribution in [0.2, 0.25) is 10.0 Å². The largest absolute Gasteiger partial charge is 0.354 e. The summed E-state index contributed by atoms with van der Waals surface area (Å²) in [5.74, 6) is -1.60. The fourth-order valence-corrected chi connectivity index (χ4v) is 5.60. The van der Waals surface area contributed by atoms with E-state index in [9.17, 15) is 22.4 Å². The van der Waals surface area contributed by atoms with Crippen molar-refractivity contribution in [1.82, 2.24) is 14.5 Å². The SMILES string of the molecule is CCCNC(=O)C(Cc1ccccc1)N(Cc1ccc(Cl)cc1Cl)C(=O)CN(c1ccc(F)cc1)S(=O)(=O)N(C)C. The highest BCUT2D eigenvalue weighted by atomic mass is 35.5. The lowest BCUT2D eigenvalue weighted by Gasteiger charge is -2.34. The summed E-state index contributed by atoms with van der Waals surface area (Å²) in [6, 6.07) is 17.8. The summed E-state index contributed by atoms with van der Waals surface area (Å²) in [5, 5.41) is 3.56. The fraction of sp³-hybridized carbons (Fsp3) is 0.310.